The minimum Gasteiger partial charge on any atom is -0.493 e. The van der Waals surface area contributed by atoms with Gasteiger partial charge in [-0.25, -0.2) is 8.42 Å². The summed E-state index contributed by atoms with van der Waals surface area (Å²) in [6.45, 7) is 1.89. The van der Waals surface area contributed by atoms with Crippen LogP contribution in [0, 0.1) is 6.92 Å². The number of nitrogens with one attached hydrogen (secondary N) is 1. The maximum absolute atomic E-state index is 13.6. The lowest BCUT2D eigenvalue weighted by molar-refractivity contribution is -0.119. The molecular weight excluding hydrogens is 476 g/mol. The molecule has 0 aliphatic carbocycles. The molecule has 0 aromatic heterocycles. The molecule has 9 heteroatoms. The van der Waals surface area contributed by atoms with Crippen LogP contribution in [0.3, 0.4) is 0 Å². The third kappa shape index (κ3) is 6.21. The Morgan fingerprint density at radius 2 is 1.59 bits per heavy atom. The van der Waals surface area contributed by atoms with Crippen LogP contribution in [0.15, 0.2) is 71.6 Å². The maximum Gasteiger partial charge on any atom is 0.264 e. The lowest BCUT2D eigenvalue weighted by Crippen LogP contribution is -2.41. The molecule has 3 rings (SSSR count). The lowest BCUT2D eigenvalue weighted by Gasteiger charge is -2.24. The van der Waals surface area contributed by atoms with Gasteiger partial charge in [-0.1, -0.05) is 41.4 Å². The number of carbonyl (C=O) groups is 1. The number of amides is 1. The van der Waals surface area contributed by atoms with E-state index in [1.54, 1.807) is 36.4 Å². The number of carbonyl (C=O) groups excluding carboxylic acids is 1. The molecule has 0 aliphatic rings. The summed E-state index contributed by atoms with van der Waals surface area (Å²) in [6.07, 6.45) is 0.593. The van der Waals surface area contributed by atoms with Crippen LogP contribution < -0.4 is 19.1 Å². The predicted molar refractivity (Wildman–Crippen MR) is 133 cm³/mol. The van der Waals surface area contributed by atoms with Gasteiger partial charge in [-0.3, -0.25) is 9.10 Å². The van der Waals surface area contributed by atoms with Crippen LogP contribution in [0.4, 0.5) is 5.69 Å². The smallest absolute Gasteiger partial charge is 0.264 e. The fourth-order valence-electron chi connectivity index (χ4n) is 3.31. The van der Waals surface area contributed by atoms with Gasteiger partial charge in [0.2, 0.25) is 5.91 Å². The van der Waals surface area contributed by atoms with Crippen molar-refractivity contribution in [2.75, 3.05) is 31.6 Å². The van der Waals surface area contributed by atoms with Crippen molar-refractivity contribution in [3.8, 4) is 11.5 Å². The van der Waals surface area contributed by atoms with Crippen LogP contribution in [0.25, 0.3) is 0 Å². The summed E-state index contributed by atoms with van der Waals surface area (Å²) in [5.41, 5.74) is 2.37. The van der Waals surface area contributed by atoms with E-state index in [-0.39, 0.29) is 17.2 Å². The topological polar surface area (TPSA) is 84.9 Å². The molecule has 1 amide bonds. The summed E-state index contributed by atoms with van der Waals surface area (Å²) in [6, 6.07) is 18.6. The molecule has 0 saturated heterocycles. The van der Waals surface area contributed by atoms with Gasteiger partial charge in [-0.2, -0.15) is 0 Å². The first-order valence-corrected chi connectivity index (χ1v) is 12.4. The minimum absolute atomic E-state index is 0.0142. The number of ether oxygens (including phenoxy) is 2. The number of hydrogen-bond donors (Lipinski definition) is 1. The van der Waals surface area contributed by atoms with E-state index in [4.69, 9.17) is 21.1 Å². The van der Waals surface area contributed by atoms with Crippen molar-refractivity contribution in [2.45, 2.75) is 18.2 Å². The molecule has 180 valence electrons. The van der Waals surface area contributed by atoms with E-state index in [0.29, 0.717) is 29.4 Å². The Bertz CT molecular complexity index is 1230. The average Bonchev–Trinajstić information content (AvgIpc) is 2.84. The van der Waals surface area contributed by atoms with Gasteiger partial charge in [0.25, 0.3) is 10.0 Å². The third-order valence-electron chi connectivity index (χ3n) is 5.20. The molecule has 0 saturated carbocycles. The lowest BCUT2D eigenvalue weighted by atomic mass is 10.1. The fourth-order valence-corrected chi connectivity index (χ4v) is 4.88. The molecular formula is C25H27ClN2O5S. The second-order valence-electron chi connectivity index (χ2n) is 7.59. The molecule has 3 aromatic rings. The van der Waals surface area contributed by atoms with Gasteiger partial charge >= 0.3 is 0 Å². The molecule has 0 atom stereocenters. The van der Waals surface area contributed by atoms with Crippen LogP contribution in [0.5, 0.6) is 11.5 Å². The molecule has 0 fully saturated rings. The normalized spacial score (nSPS) is 11.1. The molecule has 34 heavy (non-hydrogen) atoms. The van der Waals surface area contributed by atoms with E-state index in [9.17, 15) is 13.2 Å². The van der Waals surface area contributed by atoms with Gasteiger partial charge in [0, 0.05) is 17.6 Å². The van der Waals surface area contributed by atoms with Crippen molar-refractivity contribution in [3.63, 3.8) is 0 Å². The molecule has 0 aliphatic heterocycles. The van der Waals surface area contributed by atoms with Crippen molar-refractivity contribution in [1.82, 2.24) is 5.32 Å². The van der Waals surface area contributed by atoms with Gasteiger partial charge in [0.15, 0.2) is 11.5 Å². The number of anilines is 1. The highest BCUT2D eigenvalue weighted by Crippen LogP contribution is 2.32. The molecule has 0 radical (unpaired) electrons. The number of methoxy groups -OCH3 is 2. The summed E-state index contributed by atoms with van der Waals surface area (Å²) in [4.78, 5) is 12.7. The van der Waals surface area contributed by atoms with Crippen molar-refractivity contribution in [2.24, 2.45) is 0 Å². The van der Waals surface area contributed by atoms with Gasteiger partial charge in [0.05, 0.1) is 24.8 Å². The summed E-state index contributed by atoms with van der Waals surface area (Å²) >= 11 is 5.90. The zero-order valence-corrected chi connectivity index (χ0v) is 20.8. The van der Waals surface area contributed by atoms with Crippen molar-refractivity contribution >= 4 is 33.2 Å². The highest BCUT2D eigenvalue weighted by molar-refractivity contribution is 7.92. The molecule has 0 unspecified atom stereocenters. The molecule has 0 bridgehead atoms. The first kappa shape index (κ1) is 25.4. The van der Waals surface area contributed by atoms with Crippen LogP contribution in [0.1, 0.15) is 11.1 Å². The largest absolute Gasteiger partial charge is 0.493 e. The zero-order valence-electron chi connectivity index (χ0n) is 19.2. The Balaban J connectivity index is 1.82. The SMILES string of the molecule is COc1ccc(S(=O)(=O)N(CC(=O)NCCc2ccc(Cl)cc2)c2ccc(C)cc2)cc1OC. The monoisotopic (exact) mass is 502 g/mol. The van der Waals surface area contributed by atoms with Crippen molar-refractivity contribution in [3.05, 3.63) is 82.9 Å². The number of sulfonamides is 1. The van der Waals surface area contributed by atoms with Crippen LogP contribution >= 0.6 is 11.6 Å². The van der Waals surface area contributed by atoms with Crippen LogP contribution in [0.2, 0.25) is 5.02 Å². The fraction of sp³-hybridized carbons (Fsp3) is 0.240. The summed E-state index contributed by atoms with van der Waals surface area (Å²) in [7, 11) is -1.18. The Kier molecular flexibility index (Phi) is 8.41. The predicted octanol–water partition coefficient (Wildman–Crippen LogP) is 4.22. The number of hydrogen-bond acceptors (Lipinski definition) is 5. The number of halogens is 1. The molecule has 7 nitrogen and oxygen atoms in total. The van der Waals surface area contributed by atoms with Crippen molar-refractivity contribution in [1.29, 1.82) is 0 Å². The molecule has 1 N–H and O–H groups in total. The average molecular weight is 503 g/mol. The third-order valence-corrected chi connectivity index (χ3v) is 7.22. The van der Waals surface area contributed by atoms with Gasteiger partial charge < -0.3 is 14.8 Å². The Morgan fingerprint density at radius 3 is 2.21 bits per heavy atom. The second-order valence-corrected chi connectivity index (χ2v) is 9.89. The summed E-state index contributed by atoms with van der Waals surface area (Å²) < 4.78 is 38.7. The summed E-state index contributed by atoms with van der Waals surface area (Å²) in [5.74, 6) is 0.265. The Morgan fingerprint density at radius 1 is 0.941 bits per heavy atom. The highest BCUT2D eigenvalue weighted by Gasteiger charge is 2.28. The van der Waals surface area contributed by atoms with Crippen LogP contribution in [-0.2, 0) is 21.2 Å². The Hall–Kier alpha value is -3.23. The molecule has 3 aromatic carbocycles. The quantitative estimate of drug-likeness (QED) is 0.448. The van der Waals surface area contributed by atoms with E-state index in [1.165, 1.54) is 32.4 Å². The summed E-state index contributed by atoms with van der Waals surface area (Å²) in [5, 5.41) is 3.44. The van der Waals surface area contributed by atoms with Gasteiger partial charge in [0.1, 0.15) is 6.54 Å². The van der Waals surface area contributed by atoms with E-state index in [1.807, 2.05) is 19.1 Å². The van der Waals surface area contributed by atoms with E-state index < -0.39 is 15.9 Å². The van der Waals surface area contributed by atoms with Crippen molar-refractivity contribution < 1.29 is 22.7 Å². The van der Waals surface area contributed by atoms with Crippen LogP contribution in [-0.4, -0.2) is 41.6 Å². The first-order valence-electron chi connectivity index (χ1n) is 10.6. The Labute approximate surface area is 205 Å². The van der Waals surface area contributed by atoms with E-state index in [2.05, 4.69) is 5.32 Å². The number of rotatable bonds is 10. The first-order chi connectivity index (χ1) is 16.2. The number of benzene rings is 3. The maximum atomic E-state index is 13.6. The molecule has 0 heterocycles. The zero-order chi connectivity index (χ0) is 24.7. The van der Waals surface area contributed by atoms with Gasteiger partial charge in [-0.05, 0) is 55.3 Å². The highest BCUT2D eigenvalue weighted by atomic mass is 35.5. The standard InChI is InChI=1S/C25H27ClN2O5S/c1-18-4-10-21(11-5-18)28(17-25(29)27-15-14-19-6-8-20(26)9-7-19)34(30,31)22-12-13-23(32-2)24(16-22)33-3/h4-13,16H,14-15,17H2,1-3H3,(H,27,29). The van der Waals surface area contributed by atoms with Gasteiger partial charge in [-0.15, -0.1) is 0 Å². The second kappa shape index (κ2) is 11.3. The minimum atomic E-state index is -4.08. The van der Waals surface area contributed by atoms with E-state index >= 15 is 0 Å². The molecule has 0 spiro atoms. The number of aryl methyl sites for hydroxylation is 1. The number of nitrogens with zero attached hydrogens (tertiary/aromatic N) is 1. The van der Waals surface area contributed by atoms with E-state index in [0.717, 1.165) is 15.4 Å².